The summed E-state index contributed by atoms with van der Waals surface area (Å²) in [4.78, 5) is 19.4. The molecule has 0 saturated carbocycles. The molecule has 0 saturated heterocycles. The number of fused-ring (bicyclic) bond motifs is 1. The Kier molecular flexibility index (Phi) is 5.02. The van der Waals surface area contributed by atoms with Gasteiger partial charge in [0.1, 0.15) is 17.6 Å². The van der Waals surface area contributed by atoms with Crippen molar-refractivity contribution >= 4 is 6.03 Å². The van der Waals surface area contributed by atoms with Gasteiger partial charge in [-0.15, -0.1) is 0 Å². The molecule has 6 nitrogen and oxygen atoms in total. The average Bonchev–Trinajstić information content (AvgIpc) is 3.17. The predicted molar refractivity (Wildman–Crippen MR) is 107 cm³/mol. The van der Waals surface area contributed by atoms with E-state index >= 15 is 0 Å². The number of rotatable bonds is 4. The first-order valence-corrected chi connectivity index (χ1v) is 9.39. The zero-order chi connectivity index (χ0) is 19.5. The van der Waals surface area contributed by atoms with Gasteiger partial charge in [0, 0.05) is 32.5 Å². The van der Waals surface area contributed by atoms with Crippen LogP contribution < -0.4 is 10.1 Å². The third kappa shape index (κ3) is 3.58. The van der Waals surface area contributed by atoms with Crippen molar-refractivity contribution in [2.45, 2.75) is 19.0 Å². The van der Waals surface area contributed by atoms with Gasteiger partial charge in [-0.1, -0.05) is 36.4 Å². The Morgan fingerprint density at radius 1 is 1.18 bits per heavy atom. The largest absolute Gasteiger partial charge is 0.497 e. The van der Waals surface area contributed by atoms with Crippen LogP contribution in [0.2, 0.25) is 0 Å². The number of hydrogen-bond donors (Lipinski definition) is 1. The van der Waals surface area contributed by atoms with Gasteiger partial charge in [0.2, 0.25) is 0 Å². The number of carbonyl (C=O) groups excluding carboxylic acids is 1. The van der Waals surface area contributed by atoms with Crippen molar-refractivity contribution in [1.29, 1.82) is 0 Å². The van der Waals surface area contributed by atoms with Crippen LogP contribution in [0.25, 0.3) is 0 Å². The SMILES string of the molecule is COc1cccc(C(NC(=O)N2CCc3ccccc3C2)c2nccn2C)c1. The summed E-state index contributed by atoms with van der Waals surface area (Å²) in [5.74, 6) is 1.52. The molecule has 0 bridgehead atoms. The molecular formula is C22H24N4O2. The highest BCUT2D eigenvalue weighted by Gasteiger charge is 2.26. The Morgan fingerprint density at radius 2 is 2.00 bits per heavy atom. The van der Waals surface area contributed by atoms with Gasteiger partial charge >= 0.3 is 6.03 Å². The van der Waals surface area contributed by atoms with Crippen LogP contribution in [0.5, 0.6) is 5.75 Å². The van der Waals surface area contributed by atoms with Crippen LogP contribution >= 0.6 is 0 Å². The summed E-state index contributed by atoms with van der Waals surface area (Å²) >= 11 is 0. The fourth-order valence-electron chi connectivity index (χ4n) is 3.66. The summed E-state index contributed by atoms with van der Waals surface area (Å²) in [7, 11) is 3.57. The summed E-state index contributed by atoms with van der Waals surface area (Å²) < 4.78 is 7.29. The number of nitrogens with zero attached hydrogens (tertiary/aromatic N) is 3. The molecule has 28 heavy (non-hydrogen) atoms. The number of hydrogen-bond acceptors (Lipinski definition) is 3. The van der Waals surface area contributed by atoms with Crippen LogP contribution in [0.1, 0.15) is 28.6 Å². The molecule has 1 aliphatic rings. The monoisotopic (exact) mass is 376 g/mol. The van der Waals surface area contributed by atoms with Gasteiger partial charge in [-0.05, 0) is 35.2 Å². The number of aromatic nitrogens is 2. The molecule has 0 spiro atoms. The van der Waals surface area contributed by atoms with Crippen molar-refractivity contribution in [3.63, 3.8) is 0 Å². The molecule has 144 valence electrons. The molecule has 1 aliphatic heterocycles. The lowest BCUT2D eigenvalue weighted by Gasteiger charge is -2.31. The first-order chi connectivity index (χ1) is 13.7. The van der Waals surface area contributed by atoms with Gasteiger partial charge in [0.15, 0.2) is 0 Å². The molecule has 1 N–H and O–H groups in total. The molecular weight excluding hydrogens is 352 g/mol. The Balaban J connectivity index is 1.59. The highest BCUT2D eigenvalue weighted by atomic mass is 16.5. The molecule has 0 fully saturated rings. The molecule has 1 aromatic heterocycles. The van der Waals surface area contributed by atoms with Crippen LogP contribution in [-0.4, -0.2) is 34.1 Å². The maximum absolute atomic E-state index is 13.1. The van der Waals surface area contributed by atoms with Gasteiger partial charge in [-0.25, -0.2) is 9.78 Å². The van der Waals surface area contributed by atoms with Crippen LogP contribution in [0.3, 0.4) is 0 Å². The molecule has 2 amide bonds. The van der Waals surface area contributed by atoms with E-state index in [1.165, 1.54) is 11.1 Å². The second-order valence-electron chi connectivity index (χ2n) is 7.00. The Hall–Kier alpha value is -3.28. The van der Waals surface area contributed by atoms with Crippen LogP contribution in [-0.2, 0) is 20.0 Å². The van der Waals surface area contributed by atoms with Gasteiger partial charge in [0.25, 0.3) is 0 Å². The predicted octanol–water partition coefficient (Wildman–Crippen LogP) is 3.29. The van der Waals surface area contributed by atoms with E-state index in [0.717, 1.165) is 23.6 Å². The number of urea groups is 1. The summed E-state index contributed by atoms with van der Waals surface area (Å²) in [6.07, 6.45) is 4.49. The second kappa shape index (κ2) is 7.76. The molecule has 1 unspecified atom stereocenters. The molecule has 0 aliphatic carbocycles. The lowest BCUT2D eigenvalue weighted by molar-refractivity contribution is 0.189. The van der Waals surface area contributed by atoms with E-state index in [4.69, 9.17) is 4.74 Å². The first-order valence-electron chi connectivity index (χ1n) is 9.39. The summed E-state index contributed by atoms with van der Waals surface area (Å²) in [5, 5.41) is 3.18. The first kappa shape index (κ1) is 18.1. The van der Waals surface area contributed by atoms with E-state index in [1.54, 1.807) is 13.3 Å². The lowest BCUT2D eigenvalue weighted by atomic mass is 10.00. The van der Waals surface area contributed by atoms with Crippen molar-refractivity contribution in [1.82, 2.24) is 19.8 Å². The van der Waals surface area contributed by atoms with E-state index in [-0.39, 0.29) is 12.1 Å². The zero-order valence-electron chi connectivity index (χ0n) is 16.1. The summed E-state index contributed by atoms with van der Waals surface area (Å²) in [6.45, 7) is 1.32. The number of ether oxygens (including phenoxy) is 1. The molecule has 2 heterocycles. The highest BCUT2D eigenvalue weighted by molar-refractivity contribution is 5.75. The second-order valence-corrected chi connectivity index (χ2v) is 7.00. The Bertz CT molecular complexity index is 982. The molecule has 3 aromatic rings. The van der Waals surface area contributed by atoms with Crippen LogP contribution in [0, 0.1) is 0 Å². The van der Waals surface area contributed by atoms with E-state index in [9.17, 15) is 4.79 Å². The van der Waals surface area contributed by atoms with Crippen molar-refractivity contribution in [2.75, 3.05) is 13.7 Å². The van der Waals surface area contributed by atoms with E-state index < -0.39 is 0 Å². The lowest BCUT2D eigenvalue weighted by Crippen LogP contribution is -2.44. The summed E-state index contributed by atoms with van der Waals surface area (Å²) in [5.41, 5.74) is 3.46. The smallest absolute Gasteiger partial charge is 0.318 e. The highest BCUT2D eigenvalue weighted by Crippen LogP contribution is 2.25. The number of methoxy groups -OCH3 is 1. The third-order valence-electron chi connectivity index (χ3n) is 5.23. The molecule has 1 atom stereocenters. The van der Waals surface area contributed by atoms with Crippen molar-refractivity contribution in [3.8, 4) is 5.75 Å². The van der Waals surface area contributed by atoms with Crippen LogP contribution in [0.15, 0.2) is 60.9 Å². The van der Waals surface area contributed by atoms with Gasteiger partial charge in [-0.3, -0.25) is 0 Å². The average molecular weight is 376 g/mol. The number of benzene rings is 2. The Labute approximate surface area is 164 Å². The van der Waals surface area contributed by atoms with Gasteiger partial charge < -0.3 is 19.5 Å². The minimum atomic E-state index is -0.361. The van der Waals surface area contributed by atoms with E-state index in [2.05, 4.69) is 28.5 Å². The third-order valence-corrected chi connectivity index (χ3v) is 5.23. The number of imidazole rings is 1. The normalized spacial score (nSPS) is 14.3. The number of amides is 2. The number of carbonyl (C=O) groups is 1. The molecule has 6 heteroatoms. The van der Waals surface area contributed by atoms with Gasteiger partial charge in [-0.2, -0.15) is 0 Å². The number of nitrogens with one attached hydrogen (secondary N) is 1. The quantitative estimate of drug-likeness (QED) is 0.760. The molecule has 2 aromatic carbocycles. The van der Waals surface area contributed by atoms with E-state index in [1.807, 2.05) is 53.0 Å². The standard InChI is InChI=1S/C22H24N4O2/c1-25-13-11-23-21(25)20(17-8-5-9-19(14-17)28-2)24-22(27)26-12-10-16-6-3-4-7-18(16)15-26/h3-9,11,13-14,20H,10,12,15H2,1-2H3,(H,24,27). The van der Waals surface area contributed by atoms with Crippen LogP contribution in [0.4, 0.5) is 4.79 Å². The van der Waals surface area contributed by atoms with E-state index in [0.29, 0.717) is 13.1 Å². The Morgan fingerprint density at radius 3 is 2.75 bits per heavy atom. The topological polar surface area (TPSA) is 59.4 Å². The minimum absolute atomic E-state index is 0.0923. The molecule has 4 rings (SSSR count). The van der Waals surface area contributed by atoms with Gasteiger partial charge in [0.05, 0.1) is 7.11 Å². The maximum Gasteiger partial charge on any atom is 0.318 e. The maximum atomic E-state index is 13.1. The van der Waals surface area contributed by atoms with Crippen molar-refractivity contribution in [3.05, 3.63) is 83.4 Å². The number of aryl methyl sites for hydroxylation is 1. The van der Waals surface area contributed by atoms with Crippen molar-refractivity contribution < 1.29 is 9.53 Å². The minimum Gasteiger partial charge on any atom is -0.497 e. The molecule has 0 radical (unpaired) electrons. The summed E-state index contributed by atoms with van der Waals surface area (Å²) in [6, 6.07) is 15.6. The fourth-order valence-corrected chi connectivity index (χ4v) is 3.66. The van der Waals surface area contributed by atoms with Crippen molar-refractivity contribution in [2.24, 2.45) is 7.05 Å². The fraction of sp³-hybridized carbons (Fsp3) is 0.273. The zero-order valence-corrected chi connectivity index (χ0v) is 16.1.